The van der Waals surface area contributed by atoms with E-state index < -0.39 is 0 Å². The van der Waals surface area contributed by atoms with E-state index in [4.69, 9.17) is 5.73 Å². The Labute approximate surface area is 109 Å². The number of nitrogens with two attached hydrogens (primary N) is 1. The van der Waals surface area contributed by atoms with E-state index in [1.165, 1.54) is 0 Å². The number of carbonyl (C=O) groups is 1. The van der Waals surface area contributed by atoms with E-state index in [-0.39, 0.29) is 5.91 Å². The minimum Gasteiger partial charge on any atom is -0.330 e. The molecule has 1 unspecified atom stereocenters. The number of nitrogens with one attached hydrogen (secondary N) is 1. The van der Waals surface area contributed by atoms with Gasteiger partial charge < -0.3 is 11.1 Å². The summed E-state index contributed by atoms with van der Waals surface area (Å²) in [7, 11) is 0. The summed E-state index contributed by atoms with van der Waals surface area (Å²) in [6, 6.07) is 5.47. The largest absolute Gasteiger partial charge is 0.330 e. The monoisotopic (exact) mass is 249 g/mol. The van der Waals surface area contributed by atoms with Crippen LogP contribution in [-0.4, -0.2) is 17.4 Å². The smallest absolute Gasteiger partial charge is 0.225 e. The van der Waals surface area contributed by atoms with Crippen LogP contribution in [0.2, 0.25) is 0 Å². The average molecular weight is 249 g/mol. The summed E-state index contributed by atoms with van der Waals surface area (Å²) >= 11 is 0. The van der Waals surface area contributed by atoms with Crippen molar-refractivity contribution < 1.29 is 4.79 Å². The first kappa shape index (κ1) is 14.6. The maximum Gasteiger partial charge on any atom is 0.225 e. The Hall–Kier alpha value is -1.42. The first-order valence-electron chi connectivity index (χ1n) is 6.54. The maximum atomic E-state index is 11.8. The highest BCUT2D eigenvalue weighted by atomic mass is 16.1. The topological polar surface area (TPSA) is 68.0 Å². The molecule has 0 radical (unpaired) electrons. The molecule has 1 heterocycles. The van der Waals surface area contributed by atoms with Crippen molar-refractivity contribution in [3.8, 4) is 0 Å². The molecule has 0 saturated carbocycles. The lowest BCUT2D eigenvalue weighted by Gasteiger charge is -2.19. The summed E-state index contributed by atoms with van der Waals surface area (Å²) < 4.78 is 0. The van der Waals surface area contributed by atoms with E-state index in [0.717, 1.165) is 12.8 Å². The molecule has 1 aromatic heterocycles. The van der Waals surface area contributed by atoms with Gasteiger partial charge in [0.2, 0.25) is 5.91 Å². The van der Waals surface area contributed by atoms with Crippen LogP contribution in [0.3, 0.4) is 0 Å². The van der Waals surface area contributed by atoms with Crippen LogP contribution in [0.25, 0.3) is 0 Å². The predicted molar refractivity (Wildman–Crippen MR) is 74.1 cm³/mol. The molecular formula is C14H23N3O. The van der Waals surface area contributed by atoms with Gasteiger partial charge >= 0.3 is 0 Å². The van der Waals surface area contributed by atoms with Crippen molar-refractivity contribution >= 4 is 11.7 Å². The van der Waals surface area contributed by atoms with Crippen LogP contribution in [-0.2, 0) is 4.79 Å². The van der Waals surface area contributed by atoms with Gasteiger partial charge in [-0.15, -0.1) is 0 Å². The summed E-state index contributed by atoms with van der Waals surface area (Å²) in [5, 5.41) is 2.80. The lowest BCUT2D eigenvalue weighted by Crippen LogP contribution is -2.18. The van der Waals surface area contributed by atoms with Gasteiger partial charge in [0, 0.05) is 12.6 Å². The molecule has 0 bridgehead atoms. The van der Waals surface area contributed by atoms with E-state index in [2.05, 4.69) is 24.1 Å². The lowest BCUT2D eigenvalue weighted by atomic mass is 9.88. The van der Waals surface area contributed by atoms with Gasteiger partial charge in [-0.1, -0.05) is 19.9 Å². The lowest BCUT2D eigenvalue weighted by molar-refractivity contribution is -0.116. The molecular weight excluding hydrogens is 226 g/mol. The highest BCUT2D eigenvalue weighted by Crippen LogP contribution is 2.20. The molecule has 0 fully saturated rings. The van der Waals surface area contributed by atoms with Gasteiger partial charge in [0.05, 0.1) is 0 Å². The highest BCUT2D eigenvalue weighted by Gasteiger charge is 2.14. The second kappa shape index (κ2) is 7.82. The normalized spacial score (nSPS) is 12.4. The number of amides is 1. The first-order valence-corrected chi connectivity index (χ1v) is 6.54. The van der Waals surface area contributed by atoms with Crippen molar-refractivity contribution in [1.82, 2.24) is 4.98 Å². The van der Waals surface area contributed by atoms with Crippen LogP contribution in [0, 0.1) is 11.8 Å². The highest BCUT2D eigenvalue weighted by molar-refractivity contribution is 5.89. The molecule has 0 aliphatic rings. The van der Waals surface area contributed by atoms with Crippen molar-refractivity contribution in [3.05, 3.63) is 24.4 Å². The molecule has 0 spiro atoms. The number of anilines is 1. The van der Waals surface area contributed by atoms with Crippen molar-refractivity contribution in [3.63, 3.8) is 0 Å². The number of hydrogen-bond acceptors (Lipinski definition) is 3. The van der Waals surface area contributed by atoms with E-state index in [0.29, 0.717) is 30.6 Å². The zero-order valence-electron chi connectivity index (χ0n) is 11.2. The Balaban J connectivity index is 2.36. The van der Waals surface area contributed by atoms with Crippen LogP contribution >= 0.6 is 0 Å². The molecule has 1 amide bonds. The summed E-state index contributed by atoms with van der Waals surface area (Å²) in [5.74, 6) is 1.72. The second-order valence-electron chi connectivity index (χ2n) is 4.88. The SMILES string of the molecule is CC(C)C(CCN)CCC(=O)Nc1ccccn1. The number of hydrogen-bond donors (Lipinski definition) is 2. The summed E-state index contributed by atoms with van der Waals surface area (Å²) in [6.45, 7) is 5.04. The van der Waals surface area contributed by atoms with E-state index in [1.807, 2.05) is 12.1 Å². The minimum atomic E-state index is 0.0244. The van der Waals surface area contributed by atoms with Gasteiger partial charge in [-0.05, 0) is 43.4 Å². The van der Waals surface area contributed by atoms with Gasteiger partial charge in [-0.2, -0.15) is 0 Å². The van der Waals surface area contributed by atoms with Crippen LogP contribution in [0.4, 0.5) is 5.82 Å². The first-order chi connectivity index (χ1) is 8.63. The minimum absolute atomic E-state index is 0.0244. The number of carbonyl (C=O) groups excluding carboxylic acids is 1. The van der Waals surface area contributed by atoms with Gasteiger partial charge in [-0.3, -0.25) is 4.79 Å². The zero-order valence-corrected chi connectivity index (χ0v) is 11.2. The molecule has 4 nitrogen and oxygen atoms in total. The zero-order chi connectivity index (χ0) is 13.4. The predicted octanol–water partition coefficient (Wildman–Crippen LogP) is 2.42. The fourth-order valence-electron chi connectivity index (χ4n) is 1.98. The Morgan fingerprint density at radius 2 is 2.17 bits per heavy atom. The maximum absolute atomic E-state index is 11.8. The van der Waals surface area contributed by atoms with Crippen LogP contribution < -0.4 is 11.1 Å². The Kier molecular flexibility index (Phi) is 6.36. The van der Waals surface area contributed by atoms with E-state index >= 15 is 0 Å². The molecule has 1 rings (SSSR count). The summed E-state index contributed by atoms with van der Waals surface area (Å²) in [4.78, 5) is 15.8. The fraction of sp³-hybridized carbons (Fsp3) is 0.571. The number of nitrogens with zero attached hydrogens (tertiary/aromatic N) is 1. The third-order valence-corrected chi connectivity index (χ3v) is 3.15. The van der Waals surface area contributed by atoms with Crippen LogP contribution in [0.5, 0.6) is 0 Å². The summed E-state index contributed by atoms with van der Waals surface area (Å²) in [6.07, 6.45) is 4.06. The van der Waals surface area contributed by atoms with Crippen LogP contribution in [0.1, 0.15) is 33.1 Å². The molecule has 1 aromatic rings. The van der Waals surface area contributed by atoms with E-state index in [1.54, 1.807) is 12.3 Å². The van der Waals surface area contributed by atoms with Crippen LogP contribution in [0.15, 0.2) is 24.4 Å². The molecule has 0 aliphatic carbocycles. The summed E-state index contributed by atoms with van der Waals surface area (Å²) in [5.41, 5.74) is 5.59. The number of pyridine rings is 1. The molecule has 18 heavy (non-hydrogen) atoms. The Morgan fingerprint density at radius 1 is 1.39 bits per heavy atom. The van der Waals surface area contributed by atoms with Gasteiger partial charge in [-0.25, -0.2) is 4.98 Å². The molecule has 0 aromatic carbocycles. The molecule has 4 heteroatoms. The van der Waals surface area contributed by atoms with Crippen molar-refractivity contribution in [1.29, 1.82) is 0 Å². The van der Waals surface area contributed by atoms with Crippen molar-refractivity contribution in [2.24, 2.45) is 17.6 Å². The fourth-order valence-corrected chi connectivity index (χ4v) is 1.98. The van der Waals surface area contributed by atoms with Gasteiger partial charge in [0.25, 0.3) is 0 Å². The Morgan fingerprint density at radius 3 is 2.72 bits per heavy atom. The second-order valence-corrected chi connectivity index (χ2v) is 4.88. The molecule has 3 N–H and O–H groups in total. The third-order valence-electron chi connectivity index (χ3n) is 3.15. The number of aromatic nitrogens is 1. The molecule has 0 aliphatic heterocycles. The Bertz CT molecular complexity index is 351. The average Bonchev–Trinajstić information content (AvgIpc) is 2.35. The molecule has 1 atom stereocenters. The third kappa shape index (κ3) is 5.27. The quantitative estimate of drug-likeness (QED) is 0.779. The number of rotatable bonds is 7. The van der Waals surface area contributed by atoms with Crippen molar-refractivity contribution in [2.45, 2.75) is 33.1 Å². The molecule has 0 saturated heterocycles. The molecule has 100 valence electrons. The van der Waals surface area contributed by atoms with Gasteiger partial charge in [0.1, 0.15) is 5.82 Å². The standard InChI is InChI=1S/C14H23N3O/c1-11(2)12(8-9-15)6-7-14(18)17-13-5-3-4-10-16-13/h3-5,10-12H,6-9,15H2,1-2H3,(H,16,17,18). The van der Waals surface area contributed by atoms with E-state index in [9.17, 15) is 4.79 Å². The van der Waals surface area contributed by atoms with Crippen molar-refractivity contribution in [2.75, 3.05) is 11.9 Å². The van der Waals surface area contributed by atoms with Gasteiger partial charge in [0.15, 0.2) is 0 Å².